The SMILES string of the molecule is CC(CCc1ccccc1)NC(=O)c1cn[nH]c1-c1ccc([N+](=O)[O-])cc1. The maximum absolute atomic E-state index is 12.6. The van der Waals surface area contributed by atoms with Gasteiger partial charge in [-0.15, -0.1) is 0 Å². The largest absolute Gasteiger partial charge is 0.349 e. The van der Waals surface area contributed by atoms with Gasteiger partial charge in [-0.3, -0.25) is 20.0 Å². The van der Waals surface area contributed by atoms with Crippen molar-refractivity contribution >= 4 is 11.6 Å². The second-order valence-electron chi connectivity index (χ2n) is 6.36. The fourth-order valence-electron chi connectivity index (χ4n) is 2.83. The minimum Gasteiger partial charge on any atom is -0.349 e. The van der Waals surface area contributed by atoms with E-state index in [0.717, 1.165) is 12.8 Å². The van der Waals surface area contributed by atoms with Crippen LogP contribution in [0.25, 0.3) is 11.3 Å². The molecule has 1 heterocycles. The van der Waals surface area contributed by atoms with E-state index in [9.17, 15) is 14.9 Å². The van der Waals surface area contributed by atoms with Crippen molar-refractivity contribution in [2.24, 2.45) is 0 Å². The highest BCUT2D eigenvalue weighted by atomic mass is 16.6. The van der Waals surface area contributed by atoms with E-state index in [1.54, 1.807) is 12.1 Å². The fourth-order valence-corrected chi connectivity index (χ4v) is 2.83. The molecule has 0 aliphatic carbocycles. The number of carbonyl (C=O) groups is 1. The number of benzene rings is 2. The summed E-state index contributed by atoms with van der Waals surface area (Å²) in [6.45, 7) is 1.96. The van der Waals surface area contributed by atoms with Gasteiger partial charge >= 0.3 is 0 Å². The van der Waals surface area contributed by atoms with Crippen LogP contribution < -0.4 is 5.32 Å². The maximum Gasteiger partial charge on any atom is 0.269 e. The van der Waals surface area contributed by atoms with Crippen molar-refractivity contribution in [2.75, 3.05) is 0 Å². The average Bonchev–Trinajstić information content (AvgIpc) is 3.17. The number of aryl methyl sites for hydroxylation is 1. The highest BCUT2D eigenvalue weighted by molar-refractivity contribution is 5.99. The molecular formula is C20H20N4O3. The Hall–Kier alpha value is -3.48. The molecule has 0 radical (unpaired) electrons. The van der Waals surface area contributed by atoms with Crippen LogP contribution in [0, 0.1) is 10.1 Å². The zero-order valence-electron chi connectivity index (χ0n) is 14.9. The summed E-state index contributed by atoms with van der Waals surface area (Å²) < 4.78 is 0. The Bertz CT molecular complexity index is 920. The molecule has 0 bridgehead atoms. The number of aromatic amines is 1. The van der Waals surface area contributed by atoms with Gasteiger partial charge in [0.05, 0.1) is 22.4 Å². The normalized spacial score (nSPS) is 11.7. The average molecular weight is 364 g/mol. The molecule has 0 aliphatic heterocycles. The Morgan fingerprint density at radius 3 is 2.56 bits per heavy atom. The van der Waals surface area contributed by atoms with E-state index in [0.29, 0.717) is 16.8 Å². The molecule has 0 saturated heterocycles. The summed E-state index contributed by atoms with van der Waals surface area (Å²) in [7, 11) is 0. The van der Waals surface area contributed by atoms with E-state index in [1.165, 1.54) is 23.9 Å². The second-order valence-corrected chi connectivity index (χ2v) is 6.36. The molecule has 1 unspecified atom stereocenters. The number of nitrogens with zero attached hydrogens (tertiary/aromatic N) is 2. The number of aromatic nitrogens is 2. The van der Waals surface area contributed by atoms with Crippen LogP contribution in [0.2, 0.25) is 0 Å². The maximum atomic E-state index is 12.6. The Morgan fingerprint density at radius 2 is 1.89 bits per heavy atom. The minimum atomic E-state index is -0.460. The van der Waals surface area contributed by atoms with Crippen LogP contribution in [-0.2, 0) is 6.42 Å². The lowest BCUT2D eigenvalue weighted by atomic mass is 10.0. The number of non-ortho nitro benzene ring substituents is 1. The highest BCUT2D eigenvalue weighted by Gasteiger charge is 2.17. The van der Waals surface area contributed by atoms with E-state index in [4.69, 9.17) is 0 Å². The van der Waals surface area contributed by atoms with Gasteiger partial charge in [0.25, 0.3) is 11.6 Å². The molecule has 2 N–H and O–H groups in total. The quantitative estimate of drug-likeness (QED) is 0.492. The zero-order chi connectivity index (χ0) is 19.2. The van der Waals surface area contributed by atoms with E-state index in [2.05, 4.69) is 27.6 Å². The molecule has 7 nitrogen and oxygen atoms in total. The van der Waals surface area contributed by atoms with Gasteiger partial charge in [-0.25, -0.2) is 0 Å². The van der Waals surface area contributed by atoms with Gasteiger partial charge in [-0.2, -0.15) is 5.10 Å². The topological polar surface area (TPSA) is 101 Å². The lowest BCUT2D eigenvalue weighted by Crippen LogP contribution is -2.33. The predicted octanol–water partition coefficient (Wildman–Crippen LogP) is 3.74. The number of rotatable bonds is 7. The second kappa shape index (κ2) is 8.27. The van der Waals surface area contributed by atoms with Gasteiger partial charge in [-0.1, -0.05) is 30.3 Å². The van der Waals surface area contributed by atoms with Crippen LogP contribution in [0.15, 0.2) is 60.8 Å². The first-order valence-electron chi connectivity index (χ1n) is 8.67. The van der Waals surface area contributed by atoms with E-state index < -0.39 is 4.92 Å². The smallest absolute Gasteiger partial charge is 0.269 e. The molecule has 1 aromatic heterocycles. The molecule has 7 heteroatoms. The first kappa shape index (κ1) is 18.3. The molecule has 0 fully saturated rings. The number of H-pyrrole nitrogens is 1. The number of nitrogens with one attached hydrogen (secondary N) is 2. The Labute approximate surface area is 156 Å². The number of hydrogen-bond acceptors (Lipinski definition) is 4. The van der Waals surface area contributed by atoms with Gasteiger partial charge in [0, 0.05) is 23.7 Å². The lowest BCUT2D eigenvalue weighted by molar-refractivity contribution is -0.384. The van der Waals surface area contributed by atoms with Crippen molar-refractivity contribution < 1.29 is 9.72 Å². The van der Waals surface area contributed by atoms with Crippen molar-refractivity contribution in [1.82, 2.24) is 15.5 Å². The summed E-state index contributed by atoms with van der Waals surface area (Å²) in [5.74, 6) is -0.224. The molecule has 3 aromatic rings. The summed E-state index contributed by atoms with van der Waals surface area (Å²) in [6.07, 6.45) is 3.17. The van der Waals surface area contributed by atoms with Gasteiger partial charge in [0.2, 0.25) is 0 Å². The summed E-state index contributed by atoms with van der Waals surface area (Å²) in [5.41, 5.74) is 2.85. The minimum absolute atomic E-state index is 0.00111. The third-order valence-electron chi connectivity index (χ3n) is 4.34. The molecular weight excluding hydrogens is 344 g/mol. The molecule has 27 heavy (non-hydrogen) atoms. The Balaban J connectivity index is 1.65. The van der Waals surface area contributed by atoms with Crippen LogP contribution in [0.3, 0.4) is 0 Å². The van der Waals surface area contributed by atoms with Crippen molar-refractivity contribution in [3.8, 4) is 11.3 Å². The van der Waals surface area contributed by atoms with Gasteiger partial charge in [0.15, 0.2) is 0 Å². The highest BCUT2D eigenvalue weighted by Crippen LogP contribution is 2.23. The zero-order valence-corrected chi connectivity index (χ0v) is 14.9. The lowest BCUT2D eigenvalue weighted by Gasteiger charge is -2.14. The molecule has 0 aliphatic rings. The van der Waals surface area contributed by atoms with Crippen LogP contribution in [0.1, 0.15) is 29.3 Å². The fraction of sp³-hybridized carbons (Fsp3) is 0.200. The monoisotopic (exact) mass is 364 g/mol. The first-order chi connectivity index (χ1) is 13.0. The third kappa shape index (κ3) is 4.58. The third-order valence-corrected chi connectivity index (χ3v) is 4.34. The van der Waals surface area contributed by atoms with Crippen molar-refractivity contribution in [2.45, 2.75) is 25.8 Å². The summed E-state index contributed by atoms with van der Waals surface area (Å²) in [5, 5.41) is 20.5. The van der Waals surface area contributed by atoms with Crippen LogP contribution in [-0.4, -0.2) is 27.1 Å². The summed E-state index contributed by atoms with van der Waals surface area (Å²) >= 11 is 0. The molecule has 1 amide bonds. The summed E-state index contributed by atoms with van der Waals surface area (Å²) in [6, 6.07) is 16.1. The predicted molar refractivity (Wildman–Crippen MR) is 102 cm³/mol. The van der Waals surface area contributed by atoms with Crippen molar-refractivity contribution in [3.63, 3.8) is 0 Å². The number of carbonyl (C=O) groups excluding carboxylic acids is 1. The van der Waals surface area contributed by atoms with Crippen molar-refractivity contribution in [3.05, 3.63) is 82.0 Å². The Kier molecular flexibility index (Phi) is 5.61. The Morgan fingerprint density at radius 1 is 1.19 bits per heavy atom. The van der Waals surface area contributed by atoms with Crippen LogP contribution in [0.5, 0.6) is 0 Å². The van der Waals surface area contributed by atoms with Crippen LogP contribution >= 0.6 is 0 Å². The number of nitro groups is 1. The molecule has 3 rings (SSSR count). The molecule has 138 valence electrons. The molecule has 0 saturated carbocycles. The van der Waals surface area contributed by atoms with Gasteiger partial charge in [-0.05, 0) is 37.5 Å². The van der Waals surface area contributed by atoms with Crippen molar-refractivity contribution in [1.29, 1.82) is 0 Å². The first-order valence-corrected chi connectivity index (χ1v) is 8.67. The van der Waals surface area contributed by atoms with E-state index in [-0.39, 0.29) is 17.6 Å². The number of hydrogen-bond donors (Lipinski definition) is 2. The van der Waals surface area contributed by atoms with Gasteiger partial charge in [0.1, 0.15) is 0 Å². The van der Waals surface area contributed by atoms with E-state index >= 15 is 0 Å². The standard InChI is InChI=1S/C20H20N4O3/c1-14(7-8-15-5-3-2-4-6-15)22-20(25)18-13-21-23-19(18)16-9-11-17(12-10-16)24(26)27/h2-6,9-14H,7-8H2,1H3,(H,21,23)(H,22,25). The number of amides is 1. The molecule has 1 atom stereocenters. The van der Waals surface area contributed by atoms with Gasteiger partial charge < -0.3 is 5.32 Å². The molecule has 2 aromatic carbocycles. The van der Waals surface area contributed by atoms with Crippen LogP contribution in [0.4, 0.5) is 5.69 Å². The van der Waals surface area contributed by atoms with E-state index in [1.807, 2.05) is 25.1 Å². The molecule has 0 spiro atoms. The summed E-state index contributed by atoms with van der Waals surface area (Å²) in [4.78, 5) is 22.9. The number of nitro benzene ring substituents is 1.